The van der Waals surface area contributed by atoms with Gasteiger partial charge in [-0.05, 0) is 6.92 Å². The van der Waals surface area contributed by atoms with Crippen LogP contribution in [0, 0.1) is 0 Å². The van der Waals surface area contributed by atoms with E-state index in [1.165, 1.54) is 6.92 Å². The molecule has 0 aromatic carbocycles. The maximum atomic E-state index is 10.5. The molecule has 0 saturated carbocycles. The summed E-state index contributed by atoms with van der Waals surface area (Å²) in [5.41, 5.74) is 0. The van der Waals surface area contributed by atoms with Gasteiger partial charge in [-0.3, -0.25) is 4.79 Å². The Kier molecular flexibility index (Phi) is 3.67. The molecule has 0 aliphatic rings. The molecule has 52 valence electrons. The van der Waals surface area contributed by atoms with Crippen molar-refractivity contribution in [1.82, 2.24) is 5.32 Å². The number of Topliss-reactive ketones (excluding diaryl/α,β-unsaturated/α-hetero) is 1. The van der Waals surface area contributed by atoms with Crippen molar-refractivity contribution in [3.63, 3.8) is 0 Å². The molecule has 0 spiro atoms. The molecule has 0 unspecified atom stereocenters. The molecule has 0 aromatic heterocycles. The molecular formula is C6H11NO2. The normalized spacial score (nSPS) is 8.67. The van der Waals surface area contributed by atoms with Crippen LogP contribution in [0.4, 0.5) is 0 Å². The number of rotatable bonds is 3. The lowest BCUT2D eigenvalue weighted by atomic mass is 10.2. The van der Waals surface area contributed by atoms with Crippen molar-refractivity contribution in [2.24, 2.45) is 0 Å². The Labute approximate surface area is 54.4 Å². The van der Waals surface area contributed by atoms with Crippen LogP contribution >= 0.6 is 0 Å². The maximum absolute atomic E-state index is 10.5. The summed E-state index contributed by atoms with van der Waals surface area (Å²) in [6, 6.07) is 0. The predicted molar refractivity (Wildman–Crippen MR) is 34.0 cm³/mol. The lowest BCUT2D eigenvalue weighted by Crippen LogP contribution is -2.17. The maximum Gasteiger partial charge on any atom is 0.220 e. The standard InChI is InChI=1S/C6H11NO2/c1-5(8)3-4-6(9)7-2/h3-4H2,1-2H3,(H,7,9). The number of nitrogens with one attached hydrogen (secondary N) is 1. The molecule has 0 atom stereocenters. The predicted octanol–water partition coefficient (Wildman–Crippen LogP) is 0.102. The van der Waals surface area contributed by atoms with Gasteiger partial charge in [-0.25, -0.2) is 0 Å². The fraction of sp³-hybridized carbons (Fsp3) is 0.667. The second-order valence-electron chi connectivity index (χ2n) is 1.88. The smallest absolute Gasteiger partial charge is 0.220 e. The lowest BCUT2D eigenvalue weighted by Gasteiger charge is -1.93. The molecule has 1 N–H and O–H groups in total. The first-order valence-electron chi connectivity index (χ1n) is 2.87. The van der Waals surface area contributed by atoms with E-state index >= 15 is 0 Å². The van der Waals surface area contributed by atoms with Crippen LogP contribution in [0.1, 0.15) is 19.8 Å². The van der Waals surface area contributed by atoms with Gasteiger partial charge in [0.1, 0.15) is 5.78 Å². The van der Waals surface area contributed by atoms with Crippen molar-refractivity contribution in [3.05, 3.63) is 0 Å². The largest absolute Gasteiger partial charge is 0.359 e. The van der Waals surface area contributed by atoms with Crippen molar-refractivity contribution in [2.75, 3.05) is 7.05 Å². The summed E-state index contributed by atoms with van der Waals surface area (Å²) in [5.74, 6) is -0.0243. The van der Waals surface area contributed by atoms with Gasteiger partial charge in [-0.15, -0.1) is 0 Å². The van der Waals surface area contributed by atoms with Crippen LogP contribution in [0.2, 0.25) is 0 Å². The molecule has 0 bridgehead atoms. The van der Waals surface area contributed by atoms with E-state index in [4.69, 9.17) is 0 Å². The topological polar surface area (TPSA) is 46.2 Å². The average Bonchev–Trinajstić information content (AvgIpc) is 1.83. The third-order valence-electron chi connectivity index (χ3n) is 0.983. The van der Waals surface area contributed by atoms with Gasteiger partial charge in [-0.2, -0.15) is 0 Å². The molecule has 3 heteroatoms. The summed E-state index contributed by atoms with van der Waals surface area (Å²) in [5, 5.41) is 2.43. The van der Waals surface area contributed by atoms with Crippen LogP contribution < -0.4 is 5.32 Å². The van der Waals surface area contributed by atoms with Crippen molar-refractivity contribution >= 4 is 11.7 Å². The second-order valence-corrected chi connectivity index (χ2v) is 1.88. The van der Waals surface area contributed by atoms with Crippen molar-refractivity contribution in [2.45, 2.75) is 19.8 Å². The van der Waals surface area contributed by atoms with Crippen LogP contribution in [0.15, 0.2) is 0 Å². The molecule has 0 radical (unpaired) electrons. The molecule has 0 heterocycles. The molecular weight excluding hydrogens is 118 g/mol. The fourth-order valence-electron chi connectivity index (χ4n) is 0.415. The number of amides is 1. The number of ketones is 1. The van der Waals surface area contributed by atoms with Gasteiger partial charge >= 0.3 is 0 Å². The molecule has 0 aromatic rings. The first kappa shape index (κ1) is 8.14. The monoisotopic (exact) mass is 129 g/mol. The van der Waals surface area contributed by atoms with Gasteiger partial charge in [0.25, 0.3) is 0 Å². The van der Waals surface area contributed by atoms with Crippen LogP contribution in [-0.2, 0) is 9.59 Å². The summed E-state index contributed by atoms with van der Waals surface area (Å²) < 4.78 is 0. The quantitative estimate of drug-likeness (QED) is 0.587. The van der Waals surface area contributed by atoms with E-state index < -0.39 is 0 Å². The summed E-state index contributed by atoms with van der Waals surface area (Å²) in [6.07, 6.45) is 0.658. The summed E-state index contributed by atoms with van der Waals surface area (Å²) in [7, 11) is 1.56. The Hall–Kier alpha value is -0.860. The van der Waals surface area contributed by atoms with Crippen LogP contribution in [0.5, 0.6) is 0 Å². The molecule has 1 amide bonds. The number of carbonyl (C=O) groups excluding carboxylic acids is 2. The summed E-state index contributed by atoms with van der Waals surface area (Å²) in [6.45, 7) is 1.48. The van der Waals surface area contributed by atoms with E-state index in [9.17, 15) is 9.59 Å². The van der Waals surface area contributed by atoms with E-state index in [0.29, 0.717) is 12.8 Å². The minimum absolute atomic E-state index is 0.0543. The van der Waals surface area contributed by atoms with E-state index in [1.807, 2.05) is 0 Å². The van der Waals surface area contributed by atoms with E-state index in [1.54, 1.807) is 7.05 Å². The minimum Gasteiger partial charge on any atom is -0.359 e. The van der Waals surface area contributed by atoms with Gasteiger partial charge < -0.3 is 10.1 Å². The third-order valence-corrected chi connectivity index (χ3v) is 0.983. The zero-order valence-electron chi connectivity index (χ0n) is 5.73. The first-order chi connectivity index (χ1) is 4.16. The third kappa shape index (κ3) is 5.00. The number of carbonyl (C=O) groups is 2. The van der Waals surface area contributed by atoms with Gasteiger partial charge in [0.2, 0.25) is 5.91 Å². The SMILES string of the molecule is CNC(=O)CCC(C)=O. The van der Waals surface area contributed by atoms with Gasteiger partial charge in [0.15, 0.2) is 0 Å². The van der Waals surface area contributed by atoms with Crippen molar-refractivity contribution in [3.8, 4) is 0 Å². The molecule has 0 fully saturated rings. The minimum atomic E-state index is -0.0785. The summed E-state index contributed by atoms with van der Waals surface area (Å²) >= 11 is 0. The first-order valence-corrected chi connectivity index (χ1v) is 2.87. The van der Waals surface area contributed by atoms with E-state index in [0.717, 1.165) is 0 Å². The number of hydrogen-bond acceptors (Lipinski definition) is 2. The van der Waals surface area contributed by atoms with Crippen molar-refractivity contribution < 1.29 is 9.59 Å². The van der Waals surface area contributed by atoms with Crippen LogP contribution in [-0.4, -0.2) is 18.7 Å². The Balaban J connectivity index is 3.28. The molecule has 0 saturated heterocycles. The van der Waals surface area contributed by atoms with E-state index in [2.05, 4.69) is 5.32 Å². The highest BCUT2D eigenvalue weighted by Crippen LogP contribution is 1.88. The highest BCUT2D eigenvalue weighted by Gasteiger charge is 1.98. The molecule has 0 aliphatic carbocycles. The zero-order chi connectivity index (χ0) is 7.28. The van der Waals surface area contributed by atoms with Gasteiger partial charge in [0, 0.05) is 19.9 Å². The Morgan fingerprint density at radius 3 is 2.22 bits per heavy atom. The molecule has 0 aliphatic heterocycles. The average molecular weight is 129 g/mol. The highest BCUT2D eigenvalue weighted by atomic mass is 16.1. The van der Waals surface area contributed by atoms with Gasteiger partial charge in [0.05, 0.1) is 0 Å². The Bertz CT molecular complexity index is 120. The lowest BCUT2D eigenvalue weighted by molar-refractivity contribution is -0.124. The van der Waals surface area contributed by atoms with E-state index in [-0.39, 0.29) is 11.7 Å². The fourth-order valence-corrected chi connectivity index (χ4v) is 0.415. The highest BCUT2D eigenvalue weighted by molar-refractivity contribution is 5.83. The van der Waals surface area contributed by atoms with Gasteiger partial charge in [-0.1, -0.05) is 0 Å². The second kappa shape index (κ2) is 4.06. The molecule has 3 nitrogen and oxygen atoms in total. The Morgan fingerprint density at radius 1 is 1.33 bits per heavy atom. The van der Waals surface area contributed by atoms with Crippen LogP contribution in [0.25, 0.3) is 0 Å². The summed E-state index contributed by atoms with van der Waals surface area (Å²) in [4.78, 5) is 20.7. The zero-order valence-corrected chi connectivity index (χ0v) is 5.73. The molecule has 9 heavy (non-hydrogen) atoms. The number of hydrogen-bond donors (Lipinski definition) is 1. The molecule has 0 rings (SSSR count). The van der Waals surface area contributed by atoms with Crippen LogP contribution in [0.3, 0.4) is 0 Å². The van der Waals surface area contributed by atoms with Crippen molar-refractivity contribution in [1.29, 1.82) is 0 Å². The Morgan fingerprint density at radius 2 is 1.89 bits per heavy atom.